The zero-order valence-electron chi connectivity index (χ0n) is 10.3. The van der Waals surface area contributed by atoms with Crippen LogP contribution in [-0.4, -0.2) is 31.0 Å². The molecule has 2 aromatic rings. The summed E-state index contributed by atoms with van der Waals surface area (Å²) in [6.45, 7) is 0.164. The average Bonchev–Trinajstić information content (AvgIpc) is 2.90. The first-order valence-electron chi connectivity index (χ1n) is 5.71. The van der Waals surface area contributed by atoms with Crippen molar-refractivity contribution in [3.8, 4) is 0 Å². The average molecular weight is 296 g/mol. The molecular formula is C12H12N2O5S. The molecule has 2 N–H and O–H groups in total. The predicted octanol–water partition coefficient (Wildman–Crippen LogP) is 0.894. The number of hydrogen-bond donors (Lipinski definition) is 2. The molecule has 0 unspecified atom stereocenters. The van der Waals surface area contributed by atoms with E-state index in [-0.39, 0.29) is 6.54 Å². The van der Waals surface area contributed by atoms with Gasteiger partial charge in [-0.25, -0.2) is 17.9 Å². The summed E-state index contributed by atoms with van der Waals surface area (Å²) in [6.07, 6.45) is 3.74. The molecule has 0 fully saturated rings. The van der Waals surface area contributed by atoms with Crippen molar-refractivity contribution in [1.29, 1.82) is 0 Å². The van der Waals surface area contributed by atoms with E-state index in [1.54, 1.807) is 18.5 Å². The summed E-state index contributed by atoms with van der Waals surface area (Å²) in [5, 5.41) is 8.26. The summed E-state index contributed by atoms with van der Waals surface area (Å²) in [7, 11) is -3.84. The van der Waals surface area contributed by atoms with Crippen molar-refractivity contribution in [3.05, 3.63) is 48.0 Å². The van der Waals surface area contributed by atoms with Crippen molar-refractivity contribution >= 4 is 16.0 Å². The lowest BCUT2D eigenvalue weighted by molar-refractivity contribution is 0.0656. The molecule has 0 aliphatic heterocycles. The standard InChI is InChI=1S/C12H12N2O5S/c15-12(16)10-3-4-11(19-10)20(17,18)14-7-5-9-2-1-6-13-8-9/h1-4,6,8,14H,5,7H2,(H,15,16). The van der Waals surface area contributed by atoms with Crippen LogP contribution in [-0.2, 0) is 16.4 Å². The Morgan fingerprint density at radius 1 is 1.35 bits per heavy atom. The molecule has 106 valence electrons. The van der Waals surface area contributed by atoms with E-state index in [9.17, 15) is 13.2 Å². The molecule has 0 atom stereocenters. The highest BCUT2D eigenvalue weighted by molar-refractivity contribution is 7.89. The first kappa shape index (κ1) is 14.2. The number of hydrogen-bond acceptors (Lipinski definition) is 5. The van der Waals surface area contributed by atoms with E-state index >= 15 is 0 Å². The molecular weight excluding hydrogens is 284 g/mol. The van der Waals surface area contributed by atoms with Gasteiger partial charge >= 0.3 is 5.97 Å². The number of aromatic carboxylic acids is 1. The number of furan rings is 1. The molecule has 0 spiro atoms. The maximum absolute atomic E-state index is 11.8. The Balaban J connectivity index is 1.98. The summed E-state index contributed by atoms with van der Waals surface area (Å²) in [4.78, 5) is 14.5. The molecule has 0 aliphatic carbocycles. The van der Waals surface area contributed by atoms with Crippen molar-refractivity contribution in [3.63, 3.8) is 0 Å². The van der Waals surface area contributed by atoms with E-state index in [0.717, 1.165) is 17.7 Å². The highest BCUT2D eigenvalue weighted by Gasteiger charge is 2.20. The van der Waals surface area contributed by atoms with Crippen LogP contribution in [0.2, 0.25) is 0 Å². The second-order valence-corrected chi connectivity index (χ2v) is 5.63. The van der Waals surface area contributed by atoms with Gasteiger partial charge in [0.1, 0.15) is 0 Å². The van der Waals surface area contributed by atoms with E-state index in [1.807, 2.05) is 6.07 Å². The normalized spacial score (nSPS) is 11.4. The fraction of sp³-hybridized carbons (Fsp3) is 0.167. The monoisotopic (exact) mass is 296 g/mol. The molecule has 2 rings (SSSR count). The summed E-state index contributed by atoms with van der Waals surface area (Å²) in [6, 6.07) is 5.79. The van der Waals surface area contributed by atoms with E-state index in [0.29, 0.717) is 6.42 Å². The second kappa shape index (κ2) is 5.85. The van der Waals surface area contributed by atoms with Crippen LogP contribution in [0.5, 0.6) is 0 Å². The van der Waals surface area contributed by atoms with Crippen LogP contribution < -0.4 is 4.72 Å². The van der Waals surface area contributed by atoms with Gasteiger partial charge in [-0.3, -0.25) is 4.98 Å². The summed E-state index contributed by atoms with van der Waals surface area (Å²) >= 11 is 0. The molecule has 0 bridgehead atoms. The second-order valence-electron chi connectivity index (χ2n) is 3.93. The van der Waals surface area contributed by atoms with Crippen LogP contribution in [0.3, 0.4) is 0 Å². The van der Waals surface area contributed by atoms with Crippen molar-refractivity contribution in [2.75, 3.05) is 6.54 Å². The maximum Gasteiger partial charge on any atom is 0.371 e. The Morgan fingerprint density at radius 3 is 2.75 bits per heavy atom. The molecule has 0 aromatic carbocycles. The molecule has 0 aliphatic rings. The number of nitrogens with zero attached hydrogens (tertiary/aromatic N) is 1. The lowest BCUT2D eigenvalue weighted by Gasteiger charge is -2.03. The quantitative estimate of drug-likeness (QED) is 0.819. The maximum atomic E-state index is 11.8. The molecule has 0 radical (unpaired) electrons. The summed E-state index contributed by atoms with van der Waals surface area (Å²) < 4.78 is 30.8. The van der Waals surface area contributed by atoms with Crippen LogP contribution in [0.4, 0.5) is 0 Å². The van der Waals surface area contributed by atoms with Gasteiger partial charge in [0.2, 0.25) is 10.9 Å². The largest absolute Gasteiger partial charge is 0.475 e. The van der Waals surface area contributed by atoms with Crippen LogP contribution in [0.1, 0.15) is 16.1 Å². The molecule has 20 heavy (non-hydrogen) atoms. The highest BCUT2D eigenvalue weighted by atomic mass is 32.2. The highest BCUT2D eigenvalue weighted by Crippen LogP contribution is 2.13. The number of carboxylic acids is 1. The van der Waals surface area contributed by atoms with E-state index in [4.69, 9.17) is 9.52 Å². The third-order valence-corrected chi connectivity index (χ3v) is 3.82. The number of carboxylic acid groups (broad SMARTS) is 1. The number of sulfonamides is 1. The fourth-order valence-corrected chi connectivity index (χ4v) is 2.49. The Morgan fingerprint density at radius 2 is 2.15 bits per heavy atom. The van der Waals surface area contributed by atoms with Crippen molar-refractivity contribution in [2.24, 2.45) is 0 Å². The first-order chi connectivity index (χ1) is 9.49. The Labute approximate surface area is 115 Å². The molecule has 2 heterocycles. The van der Waals surface area contributed by atoms with Crippen LogP contribution in [0, 0.1) is 0 Å². The van der Waals surface area contributed by atoms with Gasteiger partial charge in [0.25, 0.3) is 10.0 Å². The number of pyridine rings is 1. The van der Waals surface area contributed by atoms with Gasteiger partial charge in [-0.15, -0.1) is 0 Å². The Hall–Kier alpha value is -2.19. The third-order valence-electron chi connectivity index (χ3n) is 2.49. The number of nitrogens with one attached hydrogen (secondary N) is 1. The van der Waals surface area contributed by atoms with Gasteiger partial charge < -0.3 is 9.52 Å². The summed E-state index contributed by atoms with van der Waals surface area (Å²) in [5.41, 5.74) is 0.890. The topological polar surface area (TPSA) is 110 Å². The molecule has 7 nitrogen and oxygen atoms in total. The van der Waals surface area contributed by atoms with Crippen molar-refractivity contribution in [2.45, 2.75) is 11.5 Å². The zero-order valence-corrected chi connectivity index (χ0v) is 11.1. The van der Waals surface area contributed by atoms with E-state index in [1.165, 1.54) is 0 Å². The van der Waals surface area contributed by atoms with E-state index < -0.39 is 26.8 Å². The predicted molar refractivity (Wildman–Crippen MR) is 68.8 cm³/mol. The minimum Gasteiger partial charge on any atom is -0.475 e. The fourth-order valence-electron chi connectivity index (χ4n) is 1.53. The smallest absolute Gasteiger partial charge is 0.371 e. The zero-order chi connectivity index (χ0) is 14.6. The third kappa shape index (κ3) is 3.43. The number of aromatic nitrogens is 1. The SMILES string of the molecule is O=C(O)c1ccc(S(=O)(=O)NCCc2cccnc2)o1. The van der Waals surface area contributed by atoms with Crippen LogP contribution in [0.25, 0.3) is 0 Å². The lowest BCUT2D eigenvalue weighted by Crippen LogP contribution is -2.25. The van der Waals surface area contributed by atoms with Crippen LogP contribution >= 0.6 is 0 Å². The Kier molecular flexibility index (Phi) is 4.16. The number of carbonyl (C=O) groups is 1. The summed E-state index contributed by atoms with van der Waals surface area (Å²) in [5.74, 6) is -1.74. The molecule has 0 saturated heterocycles. The van der Waals surface area contributed by atoms with Crippen molar-refractivity contribution in [1.82, 2.24) is 9.71 Å². The van der Waals surface area contributed by atoms with Gasteiger partial charge in [0, 0.05) is 18.9 Å². The minimum absolute atomic E-state index is 0.164. The van der Waals surface area contributed by atoms with E-state index in [2.05, 4.69) is 9.71 Å². The van der Waals surface area contributed by atoms with Gasteiger partial charge in [0.15, 0.2) is 0 Å². The molecule has 2 aromatic heterocycles. The minimum atomic E-state index is -3.84. The van der Waals surface area contributed by atoms with Crippen LogP contribution in [0.15, 0.2) is 46.2 Å². The molecule has 8 heteroatoms. The lowest BCUT2D eigenvalue weighted by atomic mass is 10.2. The molecule has 0 saturated carbocycles. The van der Waals surface area contributed by atoms with Crippen molar-refractivity contribution < 1.29 is 22.7 Å². The molecule has 0 amide bonds. The van der Waals surface area contributed by atoms with Gasteiger partial charge in [0.05, 0.1) is 0 Å². The van der Waals surface area contributed by atoms with Gasteiger partial charge in [-0.1, -0.05) is 6.07 Å². The van der Waals surface area contributed by atoms with Gasteiger partial charge in [-0.05, 0) is 30.2 Å². The number of rotatable bonds is 6. The Bertz CT molecular complexity index is 694. The first-order valence-corrected chi connectivity index (χ1v) is 7.19. The van der Waals surface area contributed by atoms with Gasteiger partial charge in [-0.2, -0.15) is 0 Å².